The third kappa shape index (κ3) is 2.35. The van der Waals surface area contributed by atoms with Gasteiger partial charge in [0.1, 0.15) is 4.90 Å². The zero-order valence-corrected chi connectivity index (χ0v) is 11.6. The Balaban J connectivity index is 2.41. The van der Waals surface area contributed by atoms with E-state index in [0.29, 0.717) is 12.2 Å². The van der Waals surface area contributed by atoms with Crippen molar-refractivity contribution in [1.82, 2.24) is 9.29 Å². The average Bonchev–Trinajstić information content (AvgIpc) is 2.39. The quantitative estimate of drug-likeness (QED) is 0.907. The Morgan fingerprint density at radius 1 is 1.44 bits per heavy atom. The zero-order valence-electron chi connectivity index (χ0n) is 10.8. The molecule has 1 unspecified atom stereocenters. The molecule has 1 aliphatic rings. The van der Waals surface area contributed by atoms with Crippen LogP contribution in [0.15, 0.2) is 23.4 Å². The SMILES string of the molecule is CNc1ccncc1S(=O)(=O)N1CCCCC1C. The maximum atomic E-state index is 12.6. The minimum Gasteiger partial charge on any atom is -0.387 e. The first kappa shape index (κ1) is 13.3. The summed E-state index contributed by atoms with van der Waals surface area (Å²) in [6.45, 7) is 2.56. The van der Waals surface area contributed by atoms with Crippen molar-refractivity contribution < 1.29 is 8.42 Å². The van der Waals surface area contributed by atoms with Crippen LogP contribution < -0.4 is 5.32 Å². The molecule has 0 radical (unpaired) electrons. The van der Waals surface area contributed by atoms with Gasteiger partial charge in [-0.2, -0.15) is 4.31 Å². The van der Waals surface area contributed by atoms with Gasteiger partial charge in [-0.3, -0.25) is 4.98 Å². The van der Waals surface area contributed by atoms with Crippen LogP contribution in [-0.4, -0.2) is 37.3 Å². The number of nitrogens with zero attached hydrogens (tertiary/aromatic N) is 2. The van der Waals surface area contributed by atoms with E-state index in [1.54, 1.807) is 23.6 Å². The number of aromatic nitrogens is 1. The molecule has 0 bridgehead atoms. The van der Waals surface area contributed by atoms with Crippen LogP contribution in [0.25, 0.3) is 0 Å². The van der Waals surface area contributed by atoms with Gasteiger partial charge in [0.25, 0.3) is 0 Å². The highest BCUT2D eigenvalue weighted by Gasteiger charge is 2.32. The van der Waals surface area contributed by atoms with Gasteiger partial charge in [0.05, 0.1) is 5.69 Å². The third-order valence-corrected chi connectivity index (χ3v) is 5.42. The number of hydrogen-bond donors (Lipinski definition) is 1. The van der Waals surface area contributed by atoms with Gasteiger partial charge in [-0.1, -0.05) is 6.42 Å². The van der Waals surface area contributed by atoms with Crippen LogP contribution in [0, 0.1) is 0 Å². The Morgan fingerprint density at radius 3 is 2.89 bits per heavy atom. The molecule has 0 spiro atoms. The number of pyridine rings is 1. The lowest BCUT2D eigenvalue weighted by atomic mass is 10.1. The lowest BCUT2D eigenvalue weighted by Gasteiger charge is -2.32. The molecular formula is C12H19N3O2S. The Morgan fingerprint density at radius 2 is 2.22 bits per heavy atom. The van der Waals surface area contributed by atoms with Crippen LogP contribution in [0.3, 0.4) is 0 Å². The van der Waals surface area contributed by atoms with Gasteiger partial charge in [-0.25, -0.2) is 8.42 Å². The van der Waals surface area contributed by atoms with Gasteiger partial charge in [-0.15, -0.1) is 0 Å². The van der Waals surface area contributed by atoms with Crippen LogP contribution in [-0.2, 0) is 10.0 Å². The standard InChI is InChI=1S/C12H19N3O2S/c1-10-5-3-4-8-15(10)18(16,17)12-9-14-7-6-11(12)13-2/h6-7,9-10H,3-5,8H2,1-2H3,(H,13,14). The summed E-state index contributed by atoms with van der Waals surface area (Å²) in [5.74, 6) is 0. The minimum absolute atomic E-state index is 0.0636. The normalized spacial score (nSPS) is 21.8. The van der Waals surface area contributed by atoms with Crippen LogP contribution in [0.1, 0.15) is 26.2 Å². The van der Waals surface area contributed by atoms with Crippen molar-refractivity contribution in [2.75, 3.05) is 18.9 Å². The molecule has 0 amide bonds. The topological polar surface area (TPSA) is 62.3 Å². The van der Waals surface area contributed by atoms with Crippen molar-refractivity contribution in [3.63, 3.8) is 0 Å². The summed E-state index contributed by atoms with van der Waals surface area (Å²) in [4.78, 5) is 4.20. The predicted molar refractivity (Wildman–Crippen MR) is 71.0 cm³/mol. The summed E-state index contributed by atoms with van der Waals surface area (Å²) in [5, 5.41) is 2.91. The van der Waals surface area contributed by atoms with E-state index in [4.69, 9.17) is 0 Å². The molecule has 0 aromatic carbocycles. The van der Waals surface area contributed by atoms with Crippen molar-refractivity contribution in [3.05, 3.63) is 18.5 Å². The smallest absolute Gasteiger partial charge is 0.246 e. The molecule has 1 saturated heterocycles. The largest absolute Gasteiger partial charge is 0.387 e. The first-order valence-electron chi connectivity index (χ1n) is 6.21. The van der Waals surface area contributed by atoms with E-state index in [1.807, 2.05) is 6.92 Å². The van der Waals surface area contributed by atoms with Gasteiger partial charge < -0.3 is 5.32 Å². The summed E-state index contributed by atoms with van der Waals surface area (Å²) in [5.41, 5.74) is 0.600. The summed E-state index contributed by atoms with van der Waals surface area (Å²) >= 11 is 0. The molecule has 1 atom stereocenters. The Kier molecular flexibility index (Phi) is 3.87. The highest BCUT2D eigenvalue weighted by molar-refractivity contribution is 7.89. The number of rotatable bonds is 3. The predicted octanol–water partition coefficient (Wildman–Crippen LogP) is 1.69. The average molecular weight is 269 g/mol. The monoisotopic (exact) mass is 269 g/mol. The van der Waals surface area contributed by atoms with Crippen molar-refractivity contribution in [1.29, 1.82) is 0 Å². The first-order chi connectivity index (χ1) is 8.57. The highest BCUT2D eigenvalue weighted by atomic mass is 32.2. The van der Waals surface area contributed by atoms with Crippen LogP contribution in [0.5, 0.6) is 0 Å². The number of anilines is 1. The van der Waals surface area contributed by atoms with Gasteiger partial charge in [0, 0.05) is 32.0 Å². The fourth-order valence-corrected chi connectivity index (χ4v) is 4.19. The second-order valence-electron chi connectivity index (χ2n) is 4.58. The molecule has 0 saturated carbocycles. The molecule has 0 aliphatic carbocycles. The molecular weight excluding hydrogens is 250 g/mol. The Hall–Kier alpha value is -1.14. The summed E-state index contributed by atoms with van der Waals surface area (Å²) in [6.07, 6.45) is 5.96. The third-order valence-electron chi connectivity index (χ3n) is 3.38. The van der Waals surface area contributed by atoms with E-state index in [2.05, 4.69) is 10.3 Å². The van der Waals surface area contributed by atoms with Crippen molar-refractivity contribution in [2.24, 2.45) is 0 Å². The number of hydrogen-bond acceptors (Lipinski definition) is 4. The van der Waals surface area contributed by atoms with Gasteiger partial charge in [0.15, 0.2) is 0 Å². The van der Waals surface area contributed by atoms with E-state index in [0.717, 1.165) is 19.3 Å². The molecule has 2 heterocycles. The van der Waals surface area contributed by atoms with Crippen LogP contribution in [0.4, 0.5) is 5.69 Å². The van der Waals surface area contributed by atoms with Crippen molar-refractivity contribution in [3.8, 4) is 0 Å². The van der Waals surface area contributed by atoms with E-state index in [-0.39, 0.29) is 10.9 Å². The van der Waals surface area contributed by atoms with Gasteiger partial charge in [0.2, 0.25) is 10.0 Å². The lowest BCUT2D eigenvalue weighted by molar-refractivity contribution is 0.268. The molecule has 1 aromatic heterocycles. The number of nitrogens with one attached hydrogen (secondary N) is 1. The maximum Gasteiger partial charge on any atom is 0.246 e. The molecule has 6 heteroatoms. The lowest BCUT2D eigenvalue weighted by Crippen LogP contribution is -2.42. The summed E-state index contributed by atoms with van der Waals surface area (Å²) < 4.78 is 26.8. The second-order valence-corrected chi connectivity index (χ2v) is 6.44. The van der Waals surface area contributed by atoms with Crippen LogP contribution >= 0.6 is 0 Å². The Labute approximate surface area is 108 Å². The molecule has 1 aliphatic heterocycles. The number of piperidine rings is 1. The first-order valence-corrected chi connectivity index (χ1v) is 7.65. The molecule has 18 heavy (non-hydrogen) atoms. The van der Waals surface area contributed by atoms with E-state index in [1.165, 1.54) is 6.20 Å². The highest BCUT2D eigenvalue weighted by Crippen LogP contribution is 2.28. The number of sulfonamides is 1. The van der Waals surface area contributed by atoms with Crippen LogP contribution in [0.2, 0.25) is 0 Å². The van der Waals surface area contributed by atoms with Gasteiger partial charge >= 0.3 is 0 Å². The molecule has 2 rings (SSSR count). The molecule has 5 nitrogen and oxygen atoms in total. The van der Waals surface area contributed by atoms with E-state index >= 15 is 0 Å². The summed E-state index contributed by atoms with van der Waals surface area (Å²) in [6, 6.07) is 1.75. The van der Waals surface area contributed by atoms with Gasteiger partial charge in [-0.05, 0) is 25.8 Å². The molecule has 1 fully saturated rings. The fraction of sp³-hybridized carbons (Fsp3) is 0.583. The van der Waals surface area contributed by atoms with Crippen molar-refractivity contribution in [2.45, 2.75) is 37.1 Å². The van der Waals surface area contributed by atoms with Crippen molar-refractivity contribution >= 4 is 15.7 Å². The maximum absolute atomic E-state index is 12.6. The second kappa shape index (κ2) is 5.24. The molecule has 100 valence electrons. The minimum atomic E-state index is -3.45. The molecule has 1 aromatic rings. The Bertz CT molecular complexity index is 516. The van der Waals surface area contributed by atoms with E-state index in [9.17, 15) is 8.42 Å². The fourth-order valence-electron chi connectivity index (χ4n) is 2.35. The molecule has 1 N–H and O–H groups in total. The zero-order chi connectivity index (χ0) is 13.2. The summed E-state index contributed by atoms with van der Waals surface area (Å²) in [7, 11) is -1.73. The van der Waals surface area contributed by atoms with E-state index < -0.39 is 10.0 Å².